The zero-order valence-electron chi connectivity index (χ0n) is 9.11. The second-order valence-corrected chi connectivity index (χ2v) is 5.21. The molecule has 90 valence electrons. The van der Waals surface area contributed by atoms with Gasteiger partial charge in [0.25, 0.3) is 10.1 Å². The molecule has 0 amide bonds. The molecule has 0 aliphatic carbocycles. The van der Waals surface area contributed by atoms with Crippen molar-refractivity contribution in [2.75, 3.05) is 0 Å². The number of rotatable bonds is 1. The average Bonchev–Trinajstić information content (AvgIpc) is 2.37. The Morgan fingerprint density at radius 2 is 1.67 bits per heavy atom. The second kappa shape index (κ2) is 3.72. The van der Waals surface area contributed by atoms with Crippen LogP contribution in [0, 0.1) is 0 Å². The molecule has 0 fully saturated rings. The van der Waals surface area contributed by atoms with Crippen molar-refractivity contribution >= 4 is 31.9 Å². The fourth-order valence-electron chi connectivity index (χ4n) is 1.96. The van der Waals surface area contributed by atoms with Crippen molar-refractivity contribution in [2.45, 2.75) is 4.90 Å². The summed E-state index contributed by atoms with van der Waals surface area (Å²) >= 11 is 0. The summed E-state index contributed by atoms with van der Waals surface area (Å²) in [5.74, 6) is 0. The van der Waals surface area contributed by atoms with E-state index in [0.717, 1.165) is 0 Å². The molecule has 0 saturated carbocycles. The maximum atomic E-state index is 11.4. The predicted molar refractivity (Wildman–Crippen MR) is 66.9 cm³/mol. The summed E-state index contributed by atoms with van der Waals surface area (Å²) < 4.78 is 32.1. The third-order valence-electron chi connectivity index (χ3n) is 2.70. The fourth-order valence-corrected chi connectivity index (χ4v) is 2.68. The predicted octanol–water partition coefficient (Wildman–Crippen LogP) is 2.03. The number of hydrogen-bond donors (Lipinski definition) is 1. The van der Waals surface area contributed by atoms with Gasteiger partial charge in [-0.3, -0.25) is 14.5 Å². The summed E-state index contributed by atoms with van der Waals surface area (Å²) in [6.07, 6.45) is 3.17. The maximum absolute atomic E-state index is 11.4. The molecular formula is C12H8N2O3S. The van der Waals surface area contributed by atoms with Gasteiger partial charge in [-0.1, -0.05) is 6.07 Å². The molecule has 0 atom stereocenters. The number of benzene rings is 1. The van der Waals surface area contributed by atoms with E-state index in [0.29, 0.717) is 21.8 Å². The quantitative estimate of drug-likeness (QED) is 0.535. The van der Waals surface area contributed by atoms with Gasteiger partial charge in [-0.05, 0) is 24.3 Å². The molecular weight excluding hydrogens is 252 g/mol. The number of hydrogen-bond acceptors (Lipinski definition) is 4. The monoisotopic (exact) mass is 260 g/mol. The molecule has 0 spiro atoms. The van der Waals surface area contributed by atoms with Crippen LogP contribution >= 0.6 is 0 Å². The summed E-state index contributed by atoms with van der Waals surface area (Å²) in [7, 11) is -4.29. The Balaban J connectivity index is 2.63. The van der Waals surface area contributed by atoms with Crippen molar-refractivity contribution in [3.63, 3.8) is 0 Å². The molecule has 3 aromatic rings. The first-order valence-corrected chi connectivity index (χ1v) is 6.61. The maximum Gasteiger partial charge on any atom is 0.295 e. The van der Waals surface area contributed by atoms with Crippen molar-refractivity contribution in [1.29, 1.82) is 0 Å². The first kappa shape index (κ1) is 11.1. The van der Waals surface area contributed by atoms with Crippen molar-refractivity contribution in [3.8, 4) is 0 Å². The highest BCUT2D eigenvalue weighted by Crippen LogP contribution is 2.28. The van der Waals surface area contributed by atoms with E-state index < -0.39 is 10.1 Å². The Hall–Kier alpha value is -2.05. The normalized spacial score (nSPS) is 12.1. The zero-order valence-corrected chi connectivity index (χ0v) is 9.92. The van der Waals surface area contributed by atoms with E-state index in [9.17, 15) is 13.0 Å². The molecule has 2 heterocycles. The van der Waals surface area contributed by atoms with Crippen molar-refractivity contribution in [2.24, 2.45) is 0 Å². The molecule has 0 radical (unpaired) electrons. The van der Waals surface area contributed by atoms with Crippen LogP contribution in [0.15, 0.2) is 47.6 Å². The third kappa shape index (κ3) is 1.62. The molecule has 0 bridgehead atoms. The van der Waals surface area contributed by atoms with Gasteiger partial charge in [-0.2, -0.15) is 8.42 Å². The molecule has 6 heteroatoms. The Morgan fingerprint density at radius 3 is 2.39 bits per heavy atom. The van der Waals surface area contributed by atoms with Crippen LogP contribution in [0.3, 0.4) is 0 Å². The summed E-state index contributed by atoms with van der Waals surface area (Å²) in [6.45, 7) is 0. The smallest absolute Gasteiger partial charge is 0.282 e. The van der Waals surface area contributed by atoms with Crippen LogP contribution in [0.5, 0.6) is 0 Å². The van der Waals surface area contributed by atoms with Crippen LogP contribution < -0.4 is 0 Å². The topological polar surface area (TPSA) is 80.2 Å². The van der Waals surface area contributed by atoms with E-state index in [1.165, 1.54) is 6.07 Å². The van der Waals surface area contributed by atoms with E-state index in [1.807, 2.05) is 0 Å². The number of pyridine rings is 2. The first-order chi connectivity index (χ1) is 8.57. The molecule has 3 rings (SSSR count). The summed E-state index contributed by atoms with van der Waals surface area (Å²) in [5.41, 5.74) is 1.07. The van der Waals surface area contributed by atoms with Crippen molar-refractivity contribution in [3.05, 3.63) is 42.7 Å². The van der Waals surface area contributed by atoms with Crippen LogP contribution in [0.1, 0.15) is 0 Å². The third-order valence-corrected chi connectivity index (χ3v) is 3.59. The van der Waals surface area contributed by atoms with Crippen LogP contribution in [0.2, 0.25) is 0 Å². The first-order valence-electron chi connectivity index (χ1n) is 5.17. The van der Waals surface area contributed by atoms with Gasteiger partial charge >= 0.3 is 0 Å². The summed E-state index contributed by atoms with van der Waals surface area (Å²) in [4.78, 5) is 8.19. The van der Waals surface area contributed by atoms with Gasteiger partial charge in [0.1, 0.15) is 4.90 Å². The molecule has 0 saturated heterocycles. The van der Waals surface area contributed by atoms with Crippen LogP contribution in [-0.2, 0) is 10.1 Å². The minimum absolute atomic E-state index is 0.147. The Bertz CT molecular complexity index is 859. The fraction of sp³-hybridized carbons (Fsp3) is 0. The average molecular weight is 260 g/mol. The van der Waals surface area contributed by atoms with Gasteiger partial charge in [0.15, 0.2) is 0 Å². The zero-order chi connectivity index (χ0) is 12.8. The Labute approximate surface area is 103 Å². The lowest BCUT2D eigenvalue weighted by atomic mass is 10.1. The number of aromatic nitrogens is 2. The minimum atomic E-state index is -4.29. The Kier molecular flexibility index (Phi) is 2.29. The summed E-state index contributed by atoms with van der Waals surface area (Å²) in [5, 5.41) is 0.988. The molecule has 2 aromatic heterocycles. The van der Waals surface area contributed by atoms with Crippen molar-refractivity contribution in [1.82, 2.24) is 9.97 Å². The molecule has 1 N–H and O–H groups in total. The molecule has 0 unspecified atom stereocenters. The second-order valence-electron chi connectivity index (χ2n) is 3.82. The van der Waals surface area contributed by atoms with Gasteiger partial charge in [0.2, 0.25) is 0 Å². The van der Waals surface area contributed by atoms with Gasteiger partial charge < -0.3 is 0 Å². The van der Waals surface area contributed by atoms with E-state index in [4.69, 9.17) is 0 Å². The van der Waals surface area contributed by atoms with E-state index >= 15 is 0 Å². The number of nitrogens with zero attached hydrogens (tertiary/aromatic N) is 2. The van der Waals surface area contributed by atoms with Crippen LogP contribution in [0.4, 0.5) is 0 Å². The van der Waals surface area contributed by atoms with Gasteiger partial charge in [-0.25, -0.2) is 0 Å². The molecule has 0 aliphatic heterocycles. The molecule has 18 heavy (non-hydrogen) atoms. The van der Waals surface area contributed by atoms with Crippen LogP contribution in [-0.4, -0.2) is 22.9 Å². The molecule has 1 aromatic carbocycles. The van der Waals surface area contributed by atoms with Crippen LogP contribution in [0.25, 0.3) is 21.8 Å². The molecule has 0 aliphatic rings. The number of fused-ring (bicyclic) bond motifs is 3. The largest absolute Gasteiger partial charge is 0.295 e. The van der Waals surface area contributed by atoms with E-state index in [2.05, 4.69) is 9.97 Å². The van der Waals surface area contributed by atoms with Gasteiger partial charge in [0, 0.05) is 23.2 Å². The Morgan fingerprint density at radius 1 is 1.00 bits per heavy atom. The van der Waals surface area contributed by atoms with E-state index in [1.54, 1.807) is 36.7 Å². The molecule has 5 nitrogen and oxygen atoms in total. The lowest BCUT2D eigenvalue weighted by molar-refractivity contribution is 0.484. The summed E-state index contributed by atoms with van der Waals surface area (Å²) in [6, 6.07) is 8.04. The van der Waals surface area contributed by atoms with Crippen molar-refractivity contribution < 1.29 is 13.0 Å². The van der Waals surface area contributed by atoms with Gasteiger partial charge in [-0.15, -0.1) is 0 Å². The van der Waals surface area contributed by atoms with Gasteiger partial charge in [0.05, 0.1) is 11.0 Å². The standard InChI is InChI=1S/C12H8N2O3S/c15-18(16,17)10-7-8-3-1-5-13-11(8)12-9(10)4-2-6-14-12/h1-7H,(H,15,16,17). The highest BCUT2D eigenvalue weighted by atomic mass is 32.2. The SMILES string of the molecule is O=S(=O)(O)c1cc2cccnc2c2ncccc12. The highest BCUT2D eigenvalue weighted by molar-refractivity contribution is 7.86. The lowest BCUT2D eigenvalue weighted by Crippen LogP contribution is -2.00. The lowest BCUT2D eigenvalue weighted by Gasteiger charge is -2.06. The highest BCUT2D eigenvalue weighted by Gasteiger charge is 2.17. The minimum Gasteiger partial charge on any atom is -0.282 e. The van der Waals surface area contributed by atoms with E-state index in [-0.39, 0.29) is 4.90 Å².